The van der Waals surface area contributed by atoms with E-state index in [0.717, 1.165) is 12.1 Å². The SMILES string of the molecule is O=C(O)C(Cc1ccc(F)cc1)c1cccc(OC(F)(F)F)c1. The summed E-state index contributed by atoms with van der Waals surface area (Å²) in [4.78, 5) is 11.4. The fourth-order valence-corrected chi connectivity index (χ4v) is 2.13. The molecule has 0 aliphatic heterocycles. The molecule has 3 nitrogen and oxygen atoms in total. The van der Waals surface area contributed by atoms with Crippen LogP contribution in [0.4, 0.5) is 17.6 Å². The molecule has 0 radical (unpaired) electrons. The Morgan fingerprint density at radius 1 is 1.13 bits per heavy atom. The Hall–Kier alpha value is -2.57. The molecule has 1 atom stereocenters. The van der Waals surface area contributed by atoms with Crippen molar-refractivity contribution in [2.45, 2.75) is 18.7 Å². The van der Waals surface area contributed by atoms with Gasteiger partial charge in [0.05, 0.1) is 5.92 Å². The van der Waals surface area contributed by atoms with Gasteiger partial charge in [0, 0.05) is 0 Å². The van der Waals surface area contributed by atoms with E-state index in [2.05, 4.69) is 4.74 Å². The number of hydrogen-bond donors (Lipinski definition) is 1. The van der Waals surface area contributed by atoms with Gasteiger partial charge in [-0.2, -0.15) is 0 Å². The van der Waals surface area contributed by atoms with Crippen molar-refractivity contribution < 1.29 is 32.2 Å². The van der Waals surface area contributed by atoms with Crippen molar-refractivity contribution in [3.8, 4) is 5.75 Å². The first kappa shape index (κ1) is 16.8. The van der Waals surface area contributed by atoms with E-state index in [1.54, 1.807) is 0 Å². The molecule has 0 aliphatic rings. The van der Waals surface area contributed by atoms with Crippen LogP contribution in [0.2, 0.25) is 0 Å². The predicted octanol–water partition coefficient (Wildman–Crippen LogP) is 4.14. The van der Waals surface area contributed by atoms with Crippen LogP contribution in [0, 0.1) is 5.82 Å². The Labute approximate surface area is 129 Å². The molecule has 1 N–H and O–H groups in total. The first-order valence-electron chi connectivity index (χ1n) is 6.57. The van der Waals surface area contributed by atoms with Gasteiger partial charge in [0.15, 0.2) is 0 Å². The lowest BCUT2D eigenvalue weighted by molar-refractivity contribution is -0.274. The molecule has 0 spiro atoms. The van der Waals surface area contributed by atoms with Gasteiger partial charge in [-0.25, -0.2) is 4.39 Å². The van der Waals surface area contributed by atoms with Gasteiger partial charge in [0.1, 0.15) is 11.6 Å². The molecule has 2 rings (SSSR count). The minimum absolute atomic E-state index is 0.0189. The lowest BCUT2D eigenvalue weighted by atomic mass is 9.92. The molecule has 2 aromatic carbocycles. The number of alkyl halides is 3. The van der Waals surface area contributed by atoms with Crippen LogP contribution >= 0.6 is 0 Å². The van der Waals surface area contributed by atoms with E-state index < -0.39 is 29.8 Å². The number of carboxylic acids is 1. The summed E-state index contributed by atoms with van der Waals surface area (Å²) in [5.41, 5.74) is 0.726. The summed E-state index contributed by atoms with van der Waals surface area (Å²) in [5, 5.41) is 9.33. The summed E-state index contributed by atoms with van der Waals surface area (Å²) in [6.45, 7) is 0. The monoisotopic (exact) mass is 328 g/mol. The molecule has 1 unspecified atom stereocenters. The molecule has 23 heavy (non-hydrogen) atoms. The van der Waals surface area contributed by atoms with Crippen LogP contribution in [0.15, 0.2) is 48.5 Å². The van der Waals surface area contributed by atoms with Crippen LogP contribution in [0.1, 0.15) is 17.0 Å². The number of ether oxygens (including phenoxy) is 1. The van der Waals surface area contributed by atoms with E-state index in [1.807, 2.05) is 0 Å². The summed E-state index contributed by atoms with van der Waals surface area (Å²) >= 11 is 0. The second-order valence-electron chi connectivity index (χ2n) is 4.84. The summed E-state index contributed by atoms with van der Waals surface area (Å²) in [6, 6.07) is 10.1. The van der Waals surface area contributed by atoms with Gasteiger partial charge in [0.2, 0.25) is 0 Å². The van der Waals surface area contributed by atoms with E-state index in [1.165, 1.54) is 36.4 Å². The third-order valence-corrected chi connectivity index (χ3v) is 3.15. The summed E-state index contributed by atoms with van der Waals surface area (Å²) in [6.07, 6.45) is -4.83. The number of rotatable bonds is 5. The molecule has 0 heterocycles. The van der Waals surface area contributed by atoms with Gasteiger partial charge in [0.25, 0.3) is 0 Å². The zero-order valence-electron chi connectivity index (χ0n) is 11.7. The standard InChI is InChI=1S/C16H12F4O3/c17-12-6-4-10(5-7-12)8-14(15(21)22)11-2-1-3-13(9-11)23-16(18,19)20/h1-7,9,14H,8H2,(H,21,22). The Morgan fingerprint density at radius 3 is 2.35 bits per heavy atom. The van der Waals surface area contributed by atoms with Crippen molar-refractivity contribution in [3.63, 3.8) is 0 Å². The van der Waals surface area contributed by atoms with Crippen LogP contribution in [0.5, 0.6) is 5.75 Å². The van der Waals surface area contributed by atoms with E-state index in [-0.39, 0.29) is 12.0 Å². The normalized spacial score (nSPS) is 12.7. The minimum atomic E-state index is -4.85. The molecule has 0 aliphatic carbocycles. The van der Waals surface area contributed by atoms with Gasteiger partial charge in [-0.3, -0.25) is 4.79 Å². The Balaban J connectivity index is 2.25. The third-order valence-electron chi connectivity index (χ3n) is 3.15. The molecule has 0 amide bonds. The number of halogens is 4. The van der Waals surface area contributed by atoms with Crippen LogP contribution in [-0.4, -0.2) is 17.4 Å². The average Bonchev–Trinajstić information content (AvgIpc) is 2.44. The maximum atomic E-state index is 12.9. The van der Waals surface area contributed by atoms with Crippen molar-refractivity contribution in [3.05, 3.63) is 65.5 Å². The highest BCUT2D eigenvalue weighted by atomic mass is 19.4. The third kappa shape index (κ3) is 4.98. The molecular weight excluding hydrogens is 316 g/mol. The van der Waals surface area contributed by atoms with Crippen LogP contribution < -0.4 is 4.74 Å². The molecule has 0 aromatic heterocycles. The van der Waals surface area contributed by atoms with E-state index in [9.17, 15) is 27.5 Å². The fraction of sp³-hybridized carbons (Fsp3) is 0.188. The molecule has 0 saturated carbocycles. The Morgan fingerprint density at radius 2 is 1.78 bits per heavy atom. The van der Waals surface area contributed by atoms with Crippen molar-refractivity contribution in [1.82, 2.24) is 0 Å². The Kier molecular flexibility index (Phi) is 4.88. The van der Waals surface area contributed by atoms with E-state index >= 15 is 0 Å². The molecule has 122 valence electrons. The van der Waals surface area contributed by atoms with Crippen molar-refractivity contribution in [2.75, 3.05) is 0 Å². The lowest BCUT2D eigenvalue weighted by Crippen LogP contribution is -2.18. The van der Waals surface area contributed by atoms with Crippen molar-refractivity contribution >= 4 is 5.97 Å². The van der Waals surface area contributed by atoms with Crippen LogP contribution in [-0.2, 0) is 11.2 Å². The largest absolute Gasteiger partial charge is 0.573 e. The second-order valence-corrected chi connectivity index (χ2v) is 4.84. The smallest absolute Gasteiger partial charge is 0.481 e. The quantitative estimate of drug-likeness (QED) is 0.839. The van der Waals surface area contributed by atoms with Gasteiger partial charge < -0.3 is 9.84 Å². The minimum Gasteiger partial charge on any atom is -0.481 e. The maximum absolute atomic E-state index is 12.9. The van der Waals surface area contributed by atoms with Crippen LogP contribution in [0.25, 0.3) is 0 Å². The van der Waals surface area contributed by atoms with Crippen molar-refractivity contribution in [2.24, 2.45) is 0 Å². The first-order chi connectivity index (χ1) is 10.7. The maximum Gasteiger partial charge on any atom is 0.573 e. The molecule has 0 bridgehead atoms. The molecule has 2 aromatic rings. The van der Waals surface area contributed by atoms with Gasteiger partial charge in [-0.05, 0) is 41.8 Å². The number of benzene rings is 2. The number of carbonyl (C=O) groups is 1. The summed E-state index contributed by atoms with van der Waals surface area (Å²) in [5.74, 6) is -3.21. The Bertz CT molecular complexity index is 680. The molecule has 7 heteroatoms. The molecule has 0 fully saturated rings. The second kappa shape index (κ2) is 6.68. The highest BCUT2D eigenvalue weighted by Gasteiger charge is 2.31. The summed E-state index contributed by atoms with van der Waals surface area (Å²) in [7, 11) is 0. The number of carboxylic acid groups (broad SMARTS) is 1. The number of hydrogen-bond acceptors (Lipinski definition) is 2. The summed E-state index contributed by atoms with van der Waals surface area (Å²) < 4.78 is 53.4. The topological polar surface area (TPSA) is 46.5 Å². The molecular formula is C16H12F4O3. The first-order valence-corrected chi connectivity index (χ1v) is 6.57. The fourth-order valence-electron chi connectivity index (χ4n) is 2.13. The van der Waals surface area contributed by atoms with Gasteiger partial charge >= 0.3 is 12.3 Å². The van der Waals surface area contributed by atoms with Gasteiger partial charge in [-0.1, -0.05) is 24.3 Å². The predicted molar refractivity (Wildman–Crippen MR) is 73.6 cm³/mol. The van der Waals surface area contributed by atoms with Crippen LogP contribution in [0.3, 0.4) is 0 Å². The van der Waals surface area contributed by atoms with Gasteiger partial charge in [-0.15, -0.1) is 13.2 Å². The molecule has 0 saturated heterocycles. The highest BCUT2D eigenvalue weighted by molar-refractivity contribution is 5.76. The van der Waals surface area contributed by atoms with E-state index in [0.29, 0.717) is 5.56 Å². The number of aliphatic carboxylic acids is 1. The zero-order chi connectivity index (χ0) is 17.0. The zero-order valence-corrected chi connectivity index (χ0v) is 11.7. The lowest BCUT2D eigenvalue weighted by Gasteiger charge is -2.15. The highest BCUT2D eigenvalue weighted by Crippen LogP contribution is 2.28. The van der Waals surface area contributed by atoms with E-state index in [4.69, 9.17) is 0 Å². The average molecular weight is 328 g/mol. The van der Waals surface area contributed by atoms with Crippen molar-refractivity contribution in [1.29, 1.82) is 0 Å².